The number of carbonyl (C=O) groups is 3. The van der Waals surface area contributed by atoms with Gasteiger partial charge in [-0.3, -0.25) is 9.59 Å². The number of rotatable bonds is 7. The minimum absolute atomic E-state index is 0.180. The van der Waals surface area contributed by atoms with Crippen LogP contribution in [0.25, 0.3) is 11.8 Å². The highest BCUT2D eigenvalue weighted by Gasteiger charge is 2.39. The first-order valence-corrected chi connectivity index (χ1v) is 14.7. The summed E-state index contributed by atoms with van der Waals surface area (Å²) in [6, 6.07) is 18.9. The molecule has 0 spiro atoms. The molecule has 2 heterocycles. The van der Waals surface area contributed by atoms with Gasteiger partial charge in [0, 0.05) is 34.8 Å². The standard InChI is InChI=1S/C33H33ClN6O4/c1-33(2,3)27-19-24(13-14-26(27)32(43)44)36-31(42)30-25(21-8-5-4-6-9-21)10-7-17-39(30)29(41)16-11-22-18-23(34)12-15-28(22)40-20-35-37-38-40/h4-6,8-9,11-16,18-20,25,30H,7,10,17H2,1-3H3,(H,36,42)(H,43,44). The summed E-state index contributed by atoms with van der Waals surface area (Å²) in [4.78, 5) is 41.4. The van der Waals surface area contributed by atoms with E-state index in [9.17, 15) is 19.5 Å². The molecule has 0 radical (unpaired) electrons. The van der Waals surface area contributed by atoms with Crippen molar-refractivity contribution in [2.75, 3.05) is 11.9 Å². The van der Waals surface area contributed by atoms with E-state index in [4.69, 9.17) is 11.6 Å². The number of aromatic nitrogens is 4. The molecule has 2 N–H and O–H groups in total. The van der Waals surface area contributed by atoms with Gasteiger partial charge in [-0.25, -0.2) is 4.79 Å². The Morgan fingerprint density at radius 2 is 1.82 bits per heavy atom. The van der Waals surface area contributed by atoms with Crippen molar-refractivity contribution in [3.05, 3.63) is 106 Å². The quantitative estimate of drug-likeness (QED) is 0.255. The van der Waals surface area contributed by atoms with Crippen molar-refractivity contribution < 1.29 is 19.5 Å². The highest BCUT2D eigenvalue weighted by atomic mass is 35.5. The van der Waals surface area contributed by atoms with E-state index in [-0.39, 0.29) is 23.3 Å². The summed E-state index contributed by atoms with van der Waals surface area (Å²) in [7, 11) is 0. The molecule has 0 saturated carbocycles. The zero-order valence-corrected chi connectivity index (χ0v) is 25.4. The summed E-state index contributed by atoms with van der Waals surface area (Å²) in [6.45, 7) is 6.16. The molecular formula is C33H33ClN6O4. The third-order valence-corrected chi connectivity index (χ3v) is 7.96. The molecule has 1 aliphatic heterocycles. The van der Waals surface area contributed by atoms with Crippen LogP contribution in [-0.2, 0) is 15.0 Å². The molecule has 0 bridgehead atoms. The number of anilines is 1. The maximum Gasteiger partial charge on any atom is 0.335 e. The number of carbonyl (C=O) groups excluding carboxylic acids is 2. The second-order valence-corrected chi connectivity index (χ2v) is 12.2. The SMILES string of the molecule is CC(C)(C)c1cc(NC(=O)C2C(c3ccccc3)CCCN2C(=O)C=Cc2cc(Cl)ccc2-n2cnnn2)ccc1C(=O)O. The third kappa shape index (κ3) is 6.70. The average molecular weight is 613 g/mol. The summed E-state index contributed by atoms with van der Waals surface area (Å²) in [6.07, 6.45) is 5.97. The highest BCUT2D eigenvalue weighted by Crippen LogP contribution is 2.35. The minimum atomic E-state index is -1.03. The predicted octanol–water partition coefficient (Wildman–Crippen LogP) is 5.74. The van der Waals surface area contributed by atoms with Crippen LogP contribution in [0, 0.1) is 0 Å². The number of likely N-dealkylation sites (tertiary alicyclic amines) is 1. The number of hydrogen-bond donors (Lipinski definition) is 2. The third-order valence-electron chi connectivity index (χ3n) is 7.73. The van der Waals surface area contributed by atoms with Gasteiger partial charge in [-0.15, -0.1) is 5.10 Å². The van der Waals surface area contributed by atoms with Gasteiger partial charge < -0.3 is 15.3 Å². The molecule has 4 aromatic rings. The van der Waals surface area contributed by atoms with Crippen LogP contribution in [0.15, 0.2) is 79.1 Å². The van der Waals surface area contributed by atoms with Gasteiger partial charge in [0.05, 0.1) is 11.3 Å². The lowest BCUT2D eigenvalue weighted by molar-refractivity contribution is -0.137. The van der Waals surface area contributed by atoms with E-state index in [1.807, 2.05) is 51.1 Å². The van der Waals surface area contributed by atoms with Crippen molar-refractivity contribution in [3.8, 4) is 5.69 Å². The maximum atomic E-state index is 14.1. The molecule has 11 heteroatoms. The number of nitrogens with one attached hydrogen (secondary N) is 1. The fourth-order valence-electron chi connectivity index (χ4n) is 5.66. The van der Waals surface area contributed by atoms with E-state index in [2.05, 4.69) is 20.8 Å². The summed E-state index contributed by atoms with van der Waals surface area (Å²) in [5, 5.41) is 24.5. The van der Waals surface area contributed by atoms with E-state index in [0.717, 1.165) is 18.4 Å². The number of benzene rings is 3. The normalized spacial score (nSPS) is 17.0. The Kier molecular flexibility index (Phi) is 8.91. The van der Waals surface area contributed by atoms with Gasteiger partial charge in [-0.1, -0.05) is 62.7 Å². The van der Waals surface area contributed by atoms with E-state index >= 15 is 0 Å². The number of halogens is 1. The lowest BCUT2D eigenvalue weighted by Crippen LogP contribution is -2.53. The fraction of sp³-hybridized carbons (Fsp3) is 0.273. The highest BCUT2D eigenvalue weighted by molar-refractivity contribution is 6.30. The molecule has 1 aliphatic rings. The summed E-state index contributed by atoms with van der Waals surface area (Å²) in [5.41, 5.74) is 3.00. The molecule has 1 fully saturated rings. The smallest absolute Gasteiger partial charge is 0.335 e. The Morgan fingerprint density at radius 3 is 2.50 bits per heavy atom. The molecule has 1 aromatic heterocycles. The van der Waals surface area contributed by atoms with Gasteiger partial charge in [0.25, 0.3) is 0 Å². The Hall–Kier alpha value is -4.83. The average Bonchev–Trinajstić information content (AvgIpc) is 3.54. The van der Waals surface area contributed by atoms with Crippen LogP contribution in [-0.4, -0.2) is 60.6 Å². The second-order valence-electron chi connectivity index (χ2n) is 11.7. The first kappa shape index (κ1) is 30.6. The lowest BCUT2D eigenvalue weighted by Gasteiger charge is -2.40. The number of hydrogen-bond acceptors (Lipinski definition) is 6. The van der Waals surface area contributed by atoms with Crippen molar-refractivity contribution in [3.63, 3.8) is 0 Å². The fourth-order valence-corrected chi connectivity index (χ4v) is 5.84. The van der Waals surface area contributed by atoms with E-state index in [1.54, 1.807) is 41.3 Å². The van der Waals surface area contributed by atoms with Gasteiger partial charge in [0.2, 0.25) is 11.8 Å². The van der Waals surface area contributed by atoms with Crippen LogP contribution in [0.5, 0.6) is 0 Å². The number of amides is 2. The Balaban J connectivity index is 1.48. The molecule has 0 aliphatic carbocycles. The number of carboxylic acid groups (broad SMARTS) is 1. The number of piperidine rings is 1. The van der Waals surface area contributed by atoms with Crippen LogP contribution in [0.4, 0.5) is 5.69 Å². The molecular weight excluding hydrogens is 580 g/mol. The van der Waals surface area contributed by atoms with Crippen LogP contribution in [0.2, 0.25) is 5.02 Å². The molecule has 2 atom stereocenters. The lowest BCUT2D eigenvalue weighted by atomic mass is 9.82. The molecule has 10 nitrogen and oxygen atoms in total. The maximum absolute atomic E-state index is 14.1. The Bertz CT molecular complexity index is 1700. The molecule has 1 saturated heterocycles. The monoisotopic (exact) mass is 612 g/mol. The molecule has 5 rings (SSSR count). The van der Waals surface area contributed by atoms with Crippen molar-refractivity contribution in [2.45, 2.75) is 51.0 Å². The van der Waals surface area contributed by atoms with Gasteiger partial charge in [0.15, 0.2) is 0 Å². The summed E-state index contributed by atoms with van der Waals surface area (Å²) >= 11 is 6.26. The molecule has 44 heavy (non-hydrogen) atoms. The van der Waals surface area contributed by atoms with Crippen LogP contribution in [0.1, 0.15) is 66.6 Å². The van der Waals surface area contributed by atoms with Crippen molar-refractivity contribution in [1.82, 2.24) is 25.1 Å². The van der Waals surface area contributed by atoms with Gasteiger partial charge >= 0.3 is 5.97 Å². The van der Waals surface area contributed by atoms with Crippen molar-refractivity contribution in [1.29, 1.82) is 0 Å². The zero-order valence-electron chi connectivity index (χ0n) is 24.6. The minimum Gasteiger partial charge on any atom is -0.478 e. The van der Waals surface area contributed by atoms with Crippen LogP contribution in [0.3, 0.4) is 0 Å². The van der Waals surface area contributed by atoms with Gasteiger partial charge in [0.1, 0.15) is 12.4 Å². The number of aromatic carboxylic acids is 1. The predicted molar refractivity (Wildman–Crippen MR) is 168 cm³/mol. The largest absolute Gasteiger partial charge is 0.478 e. The summed E-state index contributed by atoms with van der Waals surface area (Å²) in [5.74, 6) is -1.95. The first-order chi connectivity index (χ1) is 21.0. The van der Waals surface area contributed by atoms with Crippen molar-refractivity contribution >= 4 is 41.1 Å². The van der Waals surface area contributed by atoms with E-state index < -0.39 is 17.4 Å². The van der Waals surface area contributed by atoms with Crippen molar-refractivity contribution in [2.24, 2.45) is 0 Å². The number of tetrazole rings is 1. The van der Waals surface area contributed by atoms with E-state index in [0.29, 0.717) is 34.1 Å². The molecule has 226 valence electrons. The molecule has 3 aromatic carbocycles. The number of nitrogens with zero attached hydrogens (tertiary/aromatic N) is 5. The van der Waals surface area contributed by atoms with Crippen LogP contribution < -0.4 is 5.32 Å². The Morgan fingerprint density at radius 1 is 1.05 bits per heavy atom. The first-order valence-electron chi connectivity index (χ1n) is 14.3. The van der Waals surface area contributed by atoms with Crippen LogP contribution >= 0.6 is 11.6 Å². The summed E-state index contributed by atoms with van der Waals surface area (Å²) < 4.78 is 1.48. The Labute approximate surface area is 260 Å². The van der Waals surface area contributed by atoms with Gasteiger partial charge in [-0.2, -0.15) is 4.68 Å². The number of carboxylic acids is 1. The molecule has 2 unspecified atom stereocenters. The van der Waals surface area contributed by atoms with Gasteiger partial charge in [-0.05, 0) is 82.3 Å². The topological polar surface area (TPSA) is 130 Å². The second kappa shape index (κ2) is 12.8. The van der Waals surface area contributed by atoms with E-state index in [1.165, 1.54) is 23.2 Å². The zero-order chi connectivity index (χ0) is 31.4. The molecule has 2 amide bonds.